The van der Waals surface area contributed by atoms with E-state index in [9.17, 15) is 0 Å². The molecule has 70 valence electrons. The maximum atomic E-state index is 5.66. The van der Waals surface area contributed by atoms with Gasteiger partial charge in [-0.1, -0.05) is 13.3 Å². The maximum absolute atomic E-state index is 5.66. The molecule has 2 aliphatic rings. The molecule has 12 heavy (non-hydrogen) atoms. The summed E-state index contributed by atoms with van der Waals surface area (Å²) >= 11 is 0. The zero-order chi connectivity index (χ0) is 8.66. The molecule has 0 atom stereocenters. The second-order valence-corrected chi connectivity index (χ2v) is 4.73. The lowest BCUT2D eigenvalue weighted by Crippen LogP contribution is -2.57. The SMILES string of the molecule is CC1(C2(CCN)CCC2)COC1. The summed E-state index contributed by atoms with van der Waals surface area (Å²) in [5, 5.41) is 0. The standard InChI is InChI=1S/C10H19NO/c1-9(7-12-8-9)10(5-6-11)3-2-4-10/h2-8,11H2,1H3. The summed E-state index contributed by atoms with van der Waals surface area (Å²) in [5.74, 6) is 0. The van der Waals surface area contributed by atoms with Crippen molar-refractivity contribution < 1.29 is 4.74 Å². The van der Waals surface area contributed by atoms with E-state index in [-0.39, 0.29) is 0 Å². The van der Waals surface area contributed by atoms with Gasteiger partial charge in [-0.2, -0.15) is 0 Å². The van der Waals surface area contributed by atoms with Gasteiger partial charge in [0.25, 0.3) is 0 Å². The molecule has 2 N–H and O–H groups in total. The zero-order valence-corrected chi connectivity index (χ0v) is 7.94. The van der Waals surface area contributed by atoms with Crippen molar-refractivity contribution in [1.82, 2.24) is 0 Å². The Kier molecular flexibility index (Phi) is 1.92. The van der Waals surface area contributed by atoms with Gasteiger partial charge in [0.1, 0.15) is 0 Å². The van der Waals surface area contributed by atoms with Crippen LogP contribution in [-0.4, -0.2) is 19.8 Å². The number of hydrogen-bond donors (Lipinski definition) is 1. The molecule has 0 unspecified atom stereocenters. The van der Waals surface area contributed by atoms with Gasteiger partial charge in [-0.05, 0) is 31.2 Å². The average Bonchev–Trinajstić information content (AvgIpc) is 1.92. The van der Waals surface area contributed by atoms with Crippen LogP contribution in [0.3, 0.4) is 0 Å². The highest BCUT2D eigenvalue weighted by molar-refractivity contribution is 5.03. The molecule has 0 spiro atoms. The lowest BCUT2D eigenvalue weighted by atomic mass is 9.51. The first-order valence-corrected chi connectivity index (χ1v) is 5.00. The van der Waals surface area contributed by atoms with Gasteiger partial charge in [0.05, 0.1) is 13.2 Å². The fraction of sp³-hybridized carbons (Fsp3) is 1.00. The van der Waals surface area contributed by atoms with Gasteiger partial charge < -0.3 is 10.5 Å². The predicted octanol–water partition coefficient (Wildman–Crippen LogP) is 1.54. The van der Waals surface area contributed by atoms with Crippen LogP contribution in [0.25, 0.3) is 0 Å². The van der Waals surface area contributed by atoms with Crippen LogP contribution in [0, 0.1) is 10.8 Å². The second-order valence-electron chi connectivity index (χ2n) is 4.73. The molecule has 0 aromatic rings. The van der Waals surface area contributed by atoms with Gasteiger partial charge in [-0.3, -0.25) is 0 Å². The highest BCUT2D eigenvalue weighted by atomic mass is 16.5. The van der Waals surface area contributed by atoms with Gasteiger partial charge in [0.2, 0.25) is 0 Å². The van der Waals surface area contributed by atoms with E-state index in [1.54, 1.807) is 0 Å². The first kappa shape index (κ1) is 8.52. The molecular formula is C10H19NO. The Morgan fingerprint density at radius 2 is 2.00 bits per heavy atom. The van der Waals surface area contributed by atoms with Gasteiger partial charge >= 0.3 is 0 Å². The summed E-state index contributed by atoms with van der Waals surface area (Å²) in [6, 6.07) is 0. The van der Waals surface area contributed by atoms with Gasteiger partial charge in [0.15, 0.2) is 0 Å². The largest absolute Gasteiger partial charge is 0.380 e. The average molecular weight is 169 g/mol. The van der Waals surface area contributed by atoms with Crippen molar-refractivity contribution in [3.05, 3.63) is 0 Å². The Morgan fingerprint density at radius 1 is 1.33 bits per heavy atom. The summed E-state index contributed by atoms with van der Waals surface area (Å²) in [7, 11) is 0. The van der Waals surface area contributed by atoms with Crippen LogP contribution in [0.4, 0.5) is 0 Å². The highest BCUT2D eigenvalue weighted by Gasteiger charge is 2.54. The predicted molar refractivity (Wildman–Crippen MR) is 48.9 cm³/mol. The molecule has 0 amide bonds. The van der Waals surface area contributed by atoms with E-state index in [0.29, 0.717) is 10.8 Å². The summed E-state index contributed by atoms with van der Waals surface area (Å²) in [4.78, 5) is 0. The minimum absolute atomic E-state index is 0.463. The molecule has 0 radical (unpaired) electrons. The van der Waals surface area contributed by atoms with Crippen LogP contribution >= 0.6 is 0 Å². The number of ether oxygens (including phenoxy) is 1. The van der Waals surface area contributed by atoms with E-state index in [1.807, 2.05) is 0 Å². The fourth-order valence-corrected chi connectivity index (χ4v) is 2.75. The second kappa shape index (κ2) is 2.71. The molecule has 0 aromatic carbocycles. The third kappa shape index (κ3) is 0.944. The summed E-state index contributed by atoms with van der Waals surface area (Å²) < 4.78 is 5.33. The van der Waals surface area contributed by atoms with Crippen LogP contribution in [0.2, 0.25) is 0 Å². The molecule has 1 aliphatic heterocycles. The Bertz CT molecular complexity index is 171. The lowest BCUT2D eigenvalue weighted by molar-refractivity contribution is -0.202. The molecule has 0 aromatic heterocycles. The van der Waals surface area contributed by atoms with Gasteiger partial charge in [-0.15, -0.1) is 0 Å². The van der Waals surface area contributed by atoms with E-state index < -0.39 is 0 Å². The Labute approximate surface area is 74.5 Å². The summed E-state index contributed by atoms with van der Waals surface area (Å²) in [5.41, 5.74) is 6.68. The minimum atomic E-state index is 0.463. The van der Waals surface area contributed by atoms with Crippen LogP contribution < -0.4 is 5.73 Å². The van der Waals surface area contributed by atoms with E-state index in [4.69, 9.17) is 10.5 Å². The summed E-state index contributed by atoms with van der Waals surface area (Å²) in [6.45, 7) is 5.14. The molecule has 1 saturated heterocycles. The number of rotatable bonds is 3. The number of nitrogens with two attached hydrogens (primary N) is 1. The minimum Gasteiger partial charge on any atom is -0.380 e. The van der Waals surface area contributed by atoms with Crippen molar-refractivity contribution in [2.75, 3.05) is 19.8 Å². The third-order valence-corrected chi connectivity index (χ3v) is 4.06. The van der Waals surface area contributed by atoms with Crippen molar-refractivity contribution in [3.8, 4) is 0 Å². The monoisotopic (exact) mass is 169 g/mol. The number of hydrogen-bond acceptors (Lipinski definition) is 2. The normalized spacial score (nSPS) is 30.5. The van der Waals surface area contributed by atoms with Gasteiger partial charge in [-0.25, -0.2) is 0 Å². The van der Waals surface area contributed by atoms with Gasteiger partial charge in [0, 0.05) is 5.41 Å². The molecule has 2 fully saturated rings. The molecular weight excluding hydrogens is 150 g/mol. The molecule has 2 heteroatoms. The molecule has 2 rings (SSSR count). The van der Waals surface area contributed by atoms with Crippen molar-refractivity contribution >= 4 is 0 Å². The van der Waals surface area contributed by atoms with Crippen molar-refractivity contribution in [2.24, 2.45) is 16.6 Å². The first-order valence-electron chi connectivity index (χ1n) is 5.00. The van der Waals surface area contributed by atoms with Crippen LogP contribution in [0.15, 0.2) is 0 Å². The Morgan fingerprint density at radius 3 is 2.25 bits per heavy atom. The fourth-order valence-electron chi connectivity index (χ4n) is 2.75. The smallest absolute Gasteiger partial charge is 0.0547 e. The molecule has 0 bridgehead atoms. The maximum Gasteiger partial charge on any atom is 0.0547 e. The van der Waals surface area contributed by atoms with Crippen molar-refractivity contribution in [2.45, 2.75) is 32.6 Å². The van der Waals surface area contributed by atoms with Crippen molar-refractivity contribution in [1.29, 1.82) is 0 Å². The quantitative estimate of drug-likeness (QED) is 0.695. The third-order valence-electron chi connectivity index (χ3n) is 4.06. The Balaban J connectivity index is 2.05. The molecule has 1 heterocycles. The summed E-state index contributed by atoms with van der Waals surface area (Å²) in [6.07, 6.45) is 5.36. The molecule has 1 saturated carbocycles. The van der Waals surface area contributed by atoms with Crippen LogP contribution in [0.1, 0.15) is 32.6 Å². The van der Waals surface area contributed by atoms with Crippen LogP contribution in [-0.2, 0) is 4.74 Å². The van der Waals surface area contributed by atoms with E-state index in [0.717, 1.165) is 19.8 Å². The van der Waals surface area contributed by atoms with E-state index >= 15 is 0 Å². The molecule has 1 aliphatic carbocycles. The van der Waals surface area contributed by atoms with Crippen LogP contribution in [0.5, 0.6) is 0 Å². The Hall–Kier alpha value is -0.0800. The van der Waals surface area contributed by atoms with Crippen molar-refractivity contribution in [3.63, 3.8) is 0 Å². The first-order chi connectivity index (χ1) is 5.72. The van der Waals surface area contributed by atoms with E-state index in [1.165, 1.54) is 25.7 Å². The highest BCUT2D eigenvalue weighted by Crippen LogP contribution is 2.58. The lowest BCUT2D eigenvalue weighted by Gasteiger charge is -2.58. The van der Waals surface area contributed by atoms with E-state index in [2.05, 4.69) is 6.92 Å². The molecule has 2 nitrogen and oxygen atoms in total. The topological polar surface area (TPSA) is 35.2 Å². The zero-order valence-electron chi connectivity index (χ0n) is 7.94.